The molecule has 0 aliphatic carbocycles. The lowest BCUT2D eigenvalue weighted by molar-refractivity contribution is -0.384. The SMILES string of the molecule is CCCCc1nc(-c2ccccc2)[nH]c(=O)c1Cc1ccc([N+](=O)[O-])cc1. The molecule has 0 aliphatic heterocycles. The summed E-state index contributed by atoms with van der Waals surface area (Å²) in [6.07, 6.45) is 3.07. The van der Waals surface area contributed by atoms with E-state index < -0.39 is 4.92 Å². The molecule has 1 heterocycles. The van der Waals surface area contributed by atoms with Crippen molar-refractivity contribution in [3.63, 3.8) is 0 Å². The predicted octanol–water partition coefficient (Wildman–Crippen LogP) is 4.28. The molecule has 0 spiro atoms. The van der Waals surface area contributed by atoms with E-state index in [1.807, 2.05) is 30.3 Å². The van der Waals surface area contributed by atoms with Crippen molar-refractivity contribution in [2.24, 2.45) is 0 Å². The van der Waals surface area contributed by atoms with Crippen molar-refractivity contribution in [3.8, 4) is 11.4 Å². The molecule has 0 saturated heterocycles. The molecule has 0 amide bonds. The van der Waals surface area contributed by atoms with Crippen molar-refractivity contribution in [2.75, 3.05) is 0 Å². The van der Waals surface area contributed by atoms with Crippen LogP contribution in [0.2, 0.25) is 0 Å². The fourth-order valence-corrected chi connectivity index (χ4v) is 2.95. The molecule has 27 heavy (non-hydrogen) atoms. The van der Waals surface area contributed by atoms with Crippen molar-refractivity contribution < 1.29 is 4.92 Å². The molecule has 0 saturated carbocycles. The Bertz CT molecular complexity index is 980. The molecule has 3 aromatic rings. The van der Waals surface area contributed by atoms with Crippen LogP contribution in [0.4, 0.5) is 5.69 Å². The highest BCUT2D eigenvalue weighted by atomic mass is 16.6. The van der Waals surface area contributed by atoms with E-state index in [0.717, 1.165) is 36.1 Å². The van der Waals surface area contributed by atoms with Gasteiger partial charge in [0.1, 0.15) is 5.82 Å². The predicted molar refractivity (Wildman–Crippen MR) is 105 cm³/mol. The van der Waals surface area contributed by atoms with Crippen LogP contribution in [0.3, 0.4) is 0 Å². The van der Waals surface area contributed by atoms with Crippen LogP contribution in [0.1, 0.15) is 36.6 Å². The fourth-order valence-electron chi connectivity index (χ4n) is 2.95. The molecule has 3 rings (SSSR count). The smallest absolute Gasteiger partial charge is 0.269 e. The van der Waals surface area contributed by atoms with E-state index >= 15 is 0 Å². The molecule has 0 fully saturated rings. The van der Waals surface area contributed by atoms with E-state index in [4.69, 9.17) is 4.98 Å². The van der Waals surface area contributed by atoms with Crippen LogP contribution in [0, 0.1) is 10.1 Å². The average molecular weight is 363 g/mol. The minimum Gasteiger partial charge on any atom is -0.306 e. The second-order valence-corrected chi connectivity index (χ2v) is 6.41. The van der Waals surface area contributed by atoms with Crippen LogP contribution in [0.5, 0.6) is 0 Å². The topological polar surface area (TPSA) is 88.9 Å². The van der Waals surface area contributed by atoms with Crippen LogP contribution in [-0.2, 0) is 12.8 Å². The first kappa shape index (κ1) is 18.5. The molecule has 0 radical (unpaired) electrons. The maximum Gasteiger partial charge on any atom is 0.269 e. The van der Waals surface area contributed by atoms with Gasteiger partial charge in [-0.3, -0.25) is 14.9 Å². The van der Waals surface area contributed by atoms with Gasteiger partial charge in [0.2, 0.25) is 0 Å². The number of unbranched alkanes of at least 4 members (excludes halogenated alkanes) is 1. The number of nitro groups is 1. The van der Waals surface area contributed by atoms with E-state index in [9.17, 15) is 14.9 Å². The number of nitrogens with one attached hydrogen (secondary N) is 1. The Kier molecular flexibility index (Phi) is 5.76. The molecule has 0 bridgehead atoms. The van der Waals surface area contributed by atoms with Gasteiger partial charge in [-0.2, -0.15) is 0 Å². The summed E-state index contributed by atoms with van der Waals surface area (Å²) in [6.45, 7) is 2.10. The van der Waals surface area contributed by atoms with Gasteiger partial charge in [-0.05, 0) is 18.4 Å². The Hall–Kier alpha value is -3.28. The molecule has 138 valence electrons. The zero-order valence-electron chi connectivity index (χ0n) is 15.1. The number of nitrogens with zero attached hydrogens (tertiary/aromatic N) is 2. The molecule has 1 N–H and O–H groups in total. The van der Waals surface area contributed by atoms with E-state index in [-0.39, 0.29) is 11.2 Å². The minimum absolute atomic E-state index is 0.0383. The molecule has 0 unspecified atom stereocenters. The monoisotopic (exact) mass is 363 g/mol. The summed E-state index contributed by atoms with van der Waals surface area (Å²) in [5, 5.41) is 10.8. The second kappa shape index (κ2) is 8.40. The number of H-pyrrole nitrogens is 1. The number of nitro benzene ring substituents is 1. The van der Waals surface area contributed by atoms with Gasteiger partial charge in [-0.15, -0.1) is 0 Å². The van der Waals surface area contributed by atoms with E-state index in [2.05, 4.69) is 11.9 Å². The number of rotatable bonds is 7. The maximum atomic E-state index is 12.8. The number of benzene rings is 2. The molecular formula is C21H21N3O3. The van der Waals surface area contributed by atoms with E-state index in [1.165, 1.54) is 12.1 Å². The van der Waals surface area contributed by atoms with Crippen LogP contribution >= 0.6 is 0 Å². The third kappa shape index (κ3) is 4.47. The molecule has 0 atom stereocenters. The Labute approximate surface area is 157 Å². The number of hydrogen-bond acceptors (Lipinski definition) is 4. The third-order valence-electron chi connectivity index (χ3n) is 4.44. The highest BCUT2D eigenvalue weighted by molar-refractivity contribution is 5.55. The number of non-ortho nitro benzene ring substituents is 1. The van der Waals surface area contributed by atoms with Crippen molar-refractivity contribution in [2.45, 2.75) is 32.6 Å². The highest BCUT2D eigenvalue weighted by Crippen LogP contribution is 2.19. The third-order valence-corrected chi connectivity index (χ3v) is 4.44. The number of hydrogen-bond donors (Lipinski definition) is 1. The lowest BCUT2D eigenvalue weighted by Gasteiger charge is -2.11. The lowest BCUT2D eigenvalue weighted by Crippen LogP contribution is -2.19. The largest absolute Gasteiger partial charge is 0.306 e. The van der Waals surface area contributed by atoms with Crippen LogP contribution < -0.4 is 5.56 Å². The lowest BCUT2D eigenvalue weighted by atomic mass is 10.0. The van der Waals surface area contributed by atoms with Gasteiger partial charge < -0.3 is 4.98 Å². The first-order valence-corrected chi connectivity index (χ1v) is 8.99. The fraction of sp³-hybridized carbons (Fsp3) is 0.238. The van der Waals surface area contributed by atoms with Crippen molar-refractivity contribution in [1.29, 1.82) is 0 Å². The zero-order valence-corrected chi connectivity index (χ0v) is 15.1. The van der Waals surface area contributed by atoms with Gasteiger partial charge in [-0.25, -0.2) is 4.98 Å². The number of aryl methyl sites for hydroxylation is 1. The summed E-state index contributed by atoms with van der Waals surface area (Å²) in [5.41, 5.74) is 3.01. The molecule has 0 aliphatic rings. The molecule has 6 nitrogen and oxygen atoms in total. The summed E-state index contributed by atoms with van der Waals surface area (Å²) in [6, 6.07) is 15.9. The van der Waals surface area contributed by atoms with Crippen molar-refractivity contribution >= 4 is 5.69 Å². The minimum atomic E-state index is -0.431. The van der Waals surface area contributed by atoms with Crippen molar-refractivity contribution in [1.82, 2.24) is 9.97 Å². The molecule has 2 aromatic carbocycles. The van der Waals surface area contributed by atoms with Crippen LogP contribution in [0.25, 0.3) is 11.4 Å². The average Bonchev–Trinajstić information content (AvgIpc) is 2.69. The zero-order chi connectivity index (χ0) is 19.2. The Morgan fingerprint density at radius 1 is 1.07 bits per heavy atom. The maximum absolute atomic E-state index is 12.8. The van der Waals surface area contributed by atoms with Gasteiger partial charge in [0, 0.05) is 29.7 Å². The Balaban J connectivity index is 1.98. The van der Waals surface area contributed by atoms with Gasteiger partial charge >= 0.3 is 0 Å². The summed E-state index contributed by atoms with van der Waals surface area (Å²) < 4.78 is 0. The second-order valence-electron chi connectivity index (χ2n) is 6.41. The summed E-state index contributed by atoms with van der Waals surface area (Å²) in [4.78, 5) is 30.8. The molecular weight excluding hydrogens is 342 g/mol. The first-order chi connectivity index (χ1) is 13.1. The number of aromatic nitrogens is 2. The highest BCUT2D eigenvalue weighted by Gasteiger charge is 2.14. The Morgan fingerprint density at radius 3 is 2.41 bits per heavy atom. The van der Waals surface area contributed by atoms with Crippen molar-refractivity contribution in [3.05, 3.63) is 91.9 Å². The normalized spacial score (nSPS) is 10.7. The van der Waals surface area contributed by atoms with Gasteiger partial charge in [0.05, 0.1) is 10.6 Å². The van der Waals surface area contributed by atoms with Crippen LogP contribution in [-0.4, -0.2) is 14.9 Å². The number of aromatic amines is 1. The van der Waals surface area contributed by atoms with Crippen LogP contribution in [0.15, 0.2) is 59.4 Å². The molecule has 6 heteroatoms. The summed E-state index contributed by atoms with van der Waals surface area (Å²) >= 11 is 0. The van der Waals surface area contributed by atoms with Gasteiger partial charge in [0.25, 0.3) is 11.2 Å². The summed E-state index contributed by atoms with van der Waals surface area (Å²) in [7, 11) is 0. The standard InChI is InChI=1S/C21H21N3O3/c1-2-3-9-19-18(14-15-10-12-17(13-11-15)24(26)27)21(25)23-20(22-19)16-7-5-4-6-8-16/h4-8,10-13H,2-3,9,14H2,1H3,(H,22,23,25). The summed E-state index contributed by atoms with van der Waals surface area (Å²) in [5.74, 6) is 0.569. The Morgan fingerprint density at radius 2 is 1.78 bits per heavy atom. The van der Waals surface area contributed by atoms with Gasteiger partial charge in [0.15, 0.2) is 0 Å². The van der Waals surface area contributed by atoms with E-state index in [1.54, 1.807) is 12.1 Å². The molecule has 1 aromatic heterocycles. The van der Waals surface area contributed by atoms with Gasteiger partial charge in [-0.1, -0.05) is 55.8 Å². The first-order valence-electron chi connectivity index (χ1n) is 8.99. The van der Waals surface area contributed by atoms with E-state index in [0.29, 0.717) is 17.8 Å². The quantitative estimate of drug-likeness (QED) is 0.501.